The maximum Gasteiger partial charge on any atom is 0.0912 e. The molecule has 12 heavy (non-hydrogen) atoms. The van der Waals surface area contributed by atoms with Crippen LogP contribution in [0.1, 0.15) is 5.56 Å². The molecule has 0 saturated heterocycles. The number of rotatable bonds is 1. The number of nitrogens with zero attached hydrogens (tertiary/aromatic N) is 1. The van der Waals surface area contributed by atoms with Gasteiger partial charge in [-0.1, -0.05) is 29.3 Å². The largest absolute Gasteiger partial charge is 0.193 e. The lowest BCUT2D eigenvalue weighted by molar-refractivity contribution is 1.54. The van der Waals surface area contributed by atoms with Gasteiger partial charge in [-0.3, -0.25) is 0 Å². The van der Waals surface area contributed by atoms with Crippen molar-refractivity contribution in [2.45, 2.75) is 0 Å². The summed E-state index contributed by atoms with van der Waals surface area (Å²) in [5.74, 6) is 0. The molecule has 1 nitrogen and oxygen atoms in total. The third-order valence-corrected chi connectivity index (χ3v) is 1.86. The van der Waals surface area contributed by atoms with Gasteiger partial charge in [0.1, 0.15) is 0 Å². The molecule has 0 aromatic heterocycles. The summed E-state index contributed by atoms with van der Waals surface area (Å²) in [6.07, 6.45) is 3.01. The van der Waals surface area contributed by atoms with Gasteiger partial charge in [-0.15, -0.1) is 0 Å². The maximum atomic E-state index is 8.27. The van der Waals surface area contributed by atoms with Gasteiger partial charge < -0.3 is 0 Å². The Morgan fingerprint density at radius 2 is 2.08 bits per heavy atom. The Hall–Kier alpha value is -0.970. The predicted molar refractivity (Wildman–Crippen MR) is 51.1 cm³/mol. The minimum atomic E-state index is 0.550. The van der Waals surface area contributed by atoms with E-state index in [1.165, 1.54) is 6.08 Å². The third kappa shape index (κ3) is 2.27. The average molecular weight is 198 g/mol. The molecule has 0 aliphatic carbocycles. The van der Waals surface area contributed by atoms with Crippen molar-refractivity contribution in [2.75, 3.05) is 0 Å². The fourth-order valence-corrected chi connectivity index (χ4v) is 1.24. The van der Waals surface area contributed by atoms with E-state index in [1.807, 2.05) is 6.07 Å². The molecular formula is C9H5Cl2N. The molecule has 1 aromatic carbocycles. The lowest BCUT2D eigenvalue weighted by Gasteiger charge is -1.96. The van der Waals surface area contributed by atoms with Gasteiger partial charge >= 0.3 is 0 Å². The van der Waals surface area contributed by atoms with Gasteiger partial charge in [0.05, 0.1) is 6.07 Å². The van der Waals surface area contributed by atoms with Crippen LogP contribution in [0.2, 0.25) is 10.0 Å². The van der Waals surface area contributed by atoms with Crippen molar-refractivity contribution < 1.29 is 0 Å². The molecule has 0 spiro atoms. The molecule has 0 aliphatic heterocycles. The minimum absolute atomic E-state index is 0.550. The van der Waals surface area contributed by atoms with Crippen LogP contribution in [0.4, 0.5) is 0 Å². The molecule has 1 rings (SSSR count). The van der Waals surface area contributed by atoms with E-state index in [2.05, 4.69) is 0 Å². The normalized spacial score (nSPS) is 10.1. The van der Waals surface area contributed by atoms with Crippen LogP contribution in [0.5, 0.6) is 0 Å². The van der Waals surface area contributed by atoms with Crippen LogP contribution in [0, 0.1) is 11.3 Å². The van der Waals surface area contributed by atoms with Crippen LogP contribution in [0.25, 0.3) is 6.08 Å². The molecule has 0 heterocycles. The maximum absolute atomic E-state index is 8.27. The Balaban J connectivity index is 3.03. The summed E-state index contributed by atoms with van der Waals surface area (Å²) in [4.78, 5) is 0. The monoisotopic (exact) mass is 197 g/mol. The highest BCUT2D eigenvalue weighted by Gasteiger charge is 1.95. The second-order valence-corrected chi connectivity index (χ2v) is 2.97. The molecule has 0 atom stereocenters. The quantitative estimate of drug-likeness (QED) is 0.633. The third-order valence-electron chi connectivity index (χ3n) is 1.30. The lowest BCUT2D eigenvalue weighted by Crippen LogP contribution is -1.73. The number of benzene rings is 1. The highest BCUT2D eigenvalue weighted by molar-refractivity contribution is 6.35. The molecule has 1 aromatic rings. The topological polar surface area (TPSA) is 23.8 Å². The number of allylic oxidation sites excluding steroid dienone is 1. The van der Waals surface area contributed by atoms with Gasteiger partial charge in [-0.05, 0) is 23.8 Å². The van der Waals surface area contributed by atoms with Gasteiger partial charge in [0.15, 0.2) is 0 Å². The van der Waals surface area contributed by atoms with E-state index in [0.717, 1.165) is 5.56 Å². The van der Waals surface area contributed by atoms with E-state index in [-0.39, 0.29) is 0 Å². The first-order chi connectivity index (χ1) is 5.74. The van der Waals surface area contributed by atoms with Gasteiger partial charge in [-0.25, -0.2) is 0 Å². The number of hydrogen-bond donors (Lipinski definition) is 0. The zero-order valence-electron chi connectivity index (χ0n) is 6.09. The summed E-state index contributed by atoms with van der Waals surface area (Å²) in [6, 6.07) is 7.01. The molecule has 0 aliphatic rings. The second-order valence-electron chi connectivity index (χ2n) is 2.13. The van der Waals surface area contributed by atoms with Crippen molar-refractivity contribution >= 4 is 29.3 Å². The number of halogens is 2. The Morgan fingerprint density at radius 3 is 2.67 bits per heavy atom. The SMILES string of the molecule is N#C/C=C/c1ccc(Cl)cc1Cl. The van der Waals surface area contributed by atoms with Crippen molar-refractivity contribution in [3.63, 3.8) is 0 Å². The molecule has 0 radical (unpaired) electrons. The molecule has 0 fully saturated rings. The summed E-state index contributed by atoms with van der Waals surface area (Å²) in [6.45, 7) is 0. The fourth-order valence-electron chi connectivity index (χ4n) is 0.764. The molecule has 60 valence electrons. The zero-order valence-corrected chi connectivity index (χ0v) is 7.60. The molecular weight excluding hydrogens is 193 g/mol. The van der Waals surface area contributed by atoms with Gasteiger partial charge in [0.2, 0.25) is 0 Å². The van der Waals surface area contributed by atoms with Crippen molar-refractivity contribution in [2.24, 2.45) is 0 Å². The van der Waals surface area contributed by atoms with E-state index in [9.17, 15) is 0 Å². The number of hydrogen-bond acceptors (Lipinski definition) is 1. The average Bonchev–Trinajstić information content (AvgIpc) is 2.03. The first kappa shape index (κ1) is 9.12. The Labute approximate surface area is 80.8 Å². The number of nitriles is 1. The Kier molecular flexibility index (Phi) is 3.16. The lowest BCUT2D eigenvalue weighted by atomic mass is 10.2. The highest BCUT2D eigenvalue weighted by atomic mass is 35.5. The van der Waals surface area contributed by atoms with Gasteiger partial charge in [-0.2, -0.15) is 5.26 Å². The first-order valence-electron chi connectivity index (χ1n) is 3.25. The molecule has 0 N–H and O–H groups in total. The van der Waals surface area contributed by atoms with Crippen molar-refractivity contribution in [3.8, 4) is 6.07 Å². The standard InChI is InChI=1S/C9H5Cl2N/c10-8-4-3-7(2-1-5-12)9(11)6-8/h1-4,6H/b2-1+. The van der Waals surface area contributed by atoms with E-state index in [1.54, 1.807) is 24.3 Å². The van der Waals surface area contributed by atoms with Crippen LogP contribution in [-0.2, 0) is 0 Å². The van der Waals surface area contributed by atoms with Gasteiger partial charge in [0.25, 0.3) is 0 Å². The molecule has 3 heteroatoms. The van der Waals surface area contributed by atoms with E-state index >= 15 is 0 Å². The summed E-state index contributed by atoms with van der Waals surface area (Å²) in [5.41, 5.74) is 0.794. The smallest absolute Gasteiger partial charge is 0.0912 e. The minimum Gasteiger partial charge on any atom is -0.193 e. The second kappa shape index (κ2) is 4.15. The molecule has 0 unspecified atom stereocenters. The molecule has 0 amide bonds. The van der Waals surface area contributed by atoms with Crippen LogP contribution >= 0.6 is 23.2 Å². The summed E-state index contributed by atoms with van der Waals surface area (Å²) >= 11 is 11.5. The van der Waals surface area contributed by atoms with Crippen molar-refractivity contribution in [1.29, 1.82) is 5.26 Å². The predicted octanol–water partition coefficient (Wildman–Crippen LogP) is 3.53. The molecule has 0 bridgehead atoms. The van der Waals surface area contributed by atoms with E-state index in [4.69, 9.17) is 28.5 Å². The molecule has 0 saturated carbocycles. The highest BCUT2D eigenvalue weighted by Crippen LogP contribution is 2.21. The van der Waals surface area contributed by atoms with Crippen molar-refractivity contribution in [3.05, 3.63) is 39.9 Å². The summed E-state index contributed by atoms with van der Waals surface area (Å²) in [7, 11) is 0. The van der Waals surface area contributed by atoms with Crippen LogP contribution < -0.4 is 0 Å². The van der Waals surface area contributed by atoms with E-state index < -0.39 is 0 Å². The first-order valence-corrected chi connectivity index (χ1v) is 4.01. The van der Waals surface area contributed by atoms with Crippen molar-refractivity contribution in [1.82, 2.24) is 0 Å². The van der Waals surface area contributed by atoms with E-state index in [0.29, 0.717) is 10.0 Å². The van der Waals surface area contributed by atoms with Crippen LogP contribution in [-0.4, -0.2) is 0 Å². The Bertz CT molecular complexity index is 350. The van der Waals surface area contributed by atoms with Crippen LogP contribution in [0.15, 0.2) is 24.3 Å². The summed E-state index contributed by atoms with van der Waals surface area (Å²) < 4.78 is 0. The van der Waals surface area contributed by atoms with Crippen LogP contribution in [0.3, 0.4) is 0 Å². The Morgan fingerprint density at radius 1 is 1.33 bits per heavy atom. The zero-order chi connectivity index (χ0) is 8.97. The summed E-state index contributed by atoms with van der Waals surface area (Å²) in [5, 5.41) is 9.41. The van der Waals surface area contributed by atoms with Gasteiger partial charge in [0, 0.05) is 16.1 Å². The fraction of sp³-hybridized carbons (Fsp3) is 0.